The Bertz CT molecular complexity index is 431. The van der Waals surface area contributed by atoms with E-state index in [4.69, 9.17) is 4.74 Å². The summed E-state index contributed by atoms with van der Waals surface area (Å²) < 4.78 is 5.90. The van der Waals surface area contributed by atoms with Crippen LogP contribution in [0.1, 0.15) is 18.4 Å². The number of anilines is 1. The molecule has 2 aliphatic rings. The van der Waals surface area contributed by atoms with Crippen LogP contribution in [-0.2, 0) is 4.74 Å². The van der Waals surface area contributed by atoms with Gasteiger partial charge in [-0.3, -0.25) is 0 Å². The van der Waals surface area contributed by atoms with E-state index in [0.717, 1.165) is 18.1 Å². The van der Waals surface area contributed by atoms with Crippen LogP contribution in [0.3, 0.4) is 0 Å². The molecular weight excluding hydrogens is 226 g/mol. The predicted octanol–water partition coefficient (Wildman–Crippen LogP) is 1.95. The van der Waals surface area contributed by atoms with Crippen molar-refractivity contribution in [2.45, 2.75) is 31.9 Å². The van der Waals surface area contributed by atoms with Crippen LogP contribution in [-0.4, -0.2) is 35.3 Å². The average molecular weight is 245 g/mol. The lowest BCUT2D eigenvalue weighted by atomic mass is 10.1. The first kappa shape index (κ1) is 11.7. The van der Waals surface area contributed by atoms with E-state index in [9.17, 15) is 0 Å². The minimum atomic E-state index is 0.327. The number of rotatable bonds is 4. The van der Waals surface area contributed by atoms with Gasteiger partial charge in [0.2, 0.25) is 5.95 Å². The van der Waals surface area contributed by atoms with Crippen molar-refractivity contribution in [3.63, 3.8) is 0 Å². The summed E-state index contributed by atoms with van der Waals surface area (Å²) in [6, 6.07) is 0.442. The van der Waals surface area contributed by atoms with Crippen molar-refractivity contribution < 1.29 is 4.74 Å². The van der Waals surface area contributed by atoms with Gasteiger partial charge in [-0.05, 0) is 25.3 Å². The molecule has 0 spiro atoms. The highest BCUT2D eigenvalue weighted by atomic mass is 16.5. The van der Waals surface area contributed by atoms with Crippen molar-refractivity contribution in [1.82, 2.24) is 9.97 Å². The number of nitrogens with zero attached hydrogens (tertiary/aromatic N) is 3. The fourth-order valence-electron chi connectivity index (χ4n) is 3.13. The molecule has 0 amide bonds. The largest absolute Gasteiger partial charge is 0.372 e. The second-order valence-electron chi connectivity index (χ2n) is 5.20. The lowest BCUT2D eigenvalue weighted by Gasteiger charge is -2.27. The summed E-state index contributed by atoms with van der Waals surface area (Å²) in [5, 5.41) is 0. The zero-order valence-corrected chi connectivity index (χ0v) is 10.7. The van der Waals surface area contributed by atoms with Crippen molar-refractivity contribution in [1.29, 1.82) is 0 Å². The summed E-state index contributed by atoms with van der Waals surface area (Å²) in [5.41, 5.74) is 1.10. The van der Waals surface area contributed by atoms with Crippen LogP contribution in [0, 0.1) is 12.8 Å². The molecule has 0 radical (unpaired) electrons. The molecule has 4 nitrogen and oxygen atoms in total. The van der Waals surface area contributed by atoms with Crippen molar-refractivity contribution in [3.05, 3.63) is 30.6 Å². The predicted molar refractivity (Wildman–Crippen MR) is 70.6 cm³/mol. The minimum absolute atomic E-state index is 0.327. The molecule has 1 aromatic rings. The molecule has 96 valence electrons. The van der Waals surface area contributed by atoms with Crippen molar-refractivity contribution in [3.8, 4) is 0 Å². The van der Waals surface area contributed by atoms with Gasteiger partial charge in [-0.15, -0.1) is 6.58 Å². The van der Waals surface area contributed by atoms with E-state index in [1.807, 2.05) is 25.4 Å². The van der Waals surface area contributed by atoms with E-state index >= 15 is 0 Å². The van der Waals surface area contributed by atoms with Crippen LogP contribution < -0.4 is 4.90 Å². The highest BCUT2D eigenvalue weighted by Gasteiger charge is 2.48. The number of piperidine rings is 1. The van der Waals surface area contributed by atoms with E-state index in [2.05, 4.69) is 21.4 Å². The average Bonchev–Trinajstić information content (AvgIpc) is 2.94. The van der Waals surface area contributed by atoms with E-state index in [1.165, 1.54) is 12.8 Å². The standard InChI is InChI=1S/C14H19N3O/c1-3-6-18-13-11-4-5-12(13)17(9-11)14-15-7-10(2)8-16-14/h3,7-8,11-13H,1,4-6,9H2,2H3. The van der Waals surface area contributed by atoms with E-state index in [-0.39, 0.29) is 0 Å². The Morgan fingerprint density at radius 3 is 2.94 bits per heavy atom. The van der Waals surface area contributed by atoms with Gasteiger partial charge < -0.3 is 9.64 Å². The number of hydrogen-bond acceptors (Lipinski definition) is 4. The summed E-state index contributed by atoms with van der Waals surface area (Å²) in [5.74, 6) is 1.47. The fourth-order valence-corrected chi connectivity index (χ4v) is 3.13. The third kappa shape index (κ3) is 1.90. The molecule has 3 unspecified atom stereocenters. The van der Waals surface area contributed by atoms with E-state index < -0.39 is 0 Å². The van der Waals surface area contributed by atoms with Gasteiger partial charge in [-0.2, -0.15) is 0 Å². The number of aryl methyl sites for hydroxylation is 1. The SMILES string of the molecule is C=CCOC1C2CCC1N(c1ncc(C)cn1)C2. The van der Waals surface area contributed by atoms with Gasteiger partial charge in [0.25, 0.3) is 0 Å². The molecule has 3 rings (SSSR count). The van der Waals surface area contributed by atoms with Crippen molar-refractivity contribution >= 4 is 5.95 Å². The molecule has 18 heavy (non-hydrogen) atoms. The maximum Gasteiger partial charge on any atom is 0.225 e. The Labute approximate surface area is 108 Å². The zero-order valence-electron chi connectivity index (χ0n) is 10.7. The van der Waals surface area contributed by atoms with E-state index in [1.54, 1.807) is 0 Å². The van der Waals surface area contributed by atoms with Gasteiger partial charge in [0.15, 0.2) is 0 Å². The Morgan fingerprint density at radius 2 is 2.22 bits per heavy atom. The van der Waals surface area contributed by atoms with Crippen LogP contribution in [0.2, 0.25) is 0 Å². The summed E-state index contributed by atoms with van der Waals surface area (Å²) in [7, 11) is 0. The first-order valence-electron chi connectivity index (χ1n) is 6.57. The molecule has 2 heterocycles. The quantitative estimate of drug-likeness (QED) is 0.760. The first-order chi connectivity index (χ1) is 8.79. The molecule has 4 heteroatoms. The number of hydrogen-bond donors (Lipinski definition) is 0. The lowest BCUT2D eigenvalue weighted by molar-refractivity contribution is 0.0589. The third-order valence-electron chi connectivity index (χ3n) is 3.94. The fraction of sp³-hybridized carbons (Fsp3) is 0.571. The summed E-state index contributed by atoms with van der Waals surface area (Å²) in [6.45, 7) is 7.39. The van der Waals surface area contributed by atoms with Gasteiger partial charge in [-0.1, -0.05) is 6.08 Å². The number of ether oxygens (including phenoxy) is 1. The normalized spacial score (nSPS) is 29.8. The van der Waals surface area contributed by atoms with Crippen LogP contribution in [0.4, 0.5) is 5.95 Å². The Hall–Kier alpha value is -1.42. The number of fused-ring (bicyclic) bond motifs is 2. The second-order valence-corrected chi connectivity index (χ2v) is 5.20. The third-order valence-corrected chi connectivity index (χ3v) is 3.94. The van der Waals surface area contributed by atoms with Crippen LogP contribution in [0.5, 0.6) is 0 Å². The maximum absolute atomic E-state index is 5.90. The van der Waals surface area contributed by atoms with Crippen LogP contribution in [0.25, 0.3) is 0 Å². The monoisotopic (exact) mass is 245 g/mol. The van der Waals surface area contributed by atoms with Crippen LogP contribution in [0.15, 0.2) is 25.0 Å². The Kier molecular flexibility index (Phi) is 3.04. The second kappa shape index (κ2) is 4.69. The van der Waals surface area contributed by atoms with Gasteiger partial charge in [0.1, 0.15) is 0 Å². The molecule has 0 N–H and O–H groups in total. The van der Waals surface area contributed by atoms with Gasteiger partial charge in [0.05, 0.1) is 18.8 Å². The van der Waals surface area contributed by atoms with Gasteiger partial charge >= 0.3 is 0 Å². The molecule has 1 aliphatic carbocycles. The van der Waals surface area contributed by atoms with Gasteiger partial charge in [0, 0.05) is 24.9 Å². The lowest BCUT2D eigenvalue weighted by Crippen LogP contribution is -2.36. The minimum Gasteiger partial charge on any atom is -0.372 e. The molecule has 0 aromatic carbocycles. The molecule has 3 atom stereocenters. The summed E-state index contributed by atoms with van der Waals surface area (Å²) in [4.78, 5) is 11.2. The highest BCUT2D eigenvalue weighted by Crippen LogP contribution is 2.41. The molecule has 1 saturated heterocycles. The first-order valence-corrected chi connectivity index (χ1v) is 6.57. The molecule has 1 aliphatic heterocycles. The summed E-state index contributed by atoms with van der Waals surface area (Å²) in [6.07, 6.45) is 8.36. The smallest absolute Gasteiger partial charge is 0.225 e. The molecule has 1 saturated carbocycles. The molecule has 2 fully saturated rings. The highest BCUT2D eigenvalue weighted by molar-refractivity contribution is 5.37. The Morgan fingerprint density at radius 1 is 1.44 bits per heavy atom. The summed E-state index contributed by atoms with van der Waals surface area (Å²) >= 11 is 0. The van der Waals surface area contributed by atoms with E-state index in [0.29, 0.717) is 24.7 Å². The molecule has 1 aromatic heterocycles. The zero-order chi connectivity index (χ0) is 12.5. The van der Waals surface area contributed by atoms with Crippen molar-refractivity contribution in [2.75, 3.05) is 18.1 Å². The number of aromatic nitrogens is 2. The Balaban J connectivity index is 1.76. The van der Waals surface area contributed by atoms with Gasteiger partial charge in [-0.25, -0.2) is 9.97 Å². The molecular formula is C14H19N3O. The maximum atomic E-state index is 5.90. The topological polar surface area (TPSA) is 38.2 Å². The van der Waals surface area contributed by atoms with Crippen LogP contribution >= 0.6 is 0 Å². The molecule has 2 bridgehead atoms. The van der Waals surface area contributed by atoms with Crippen molar-refractivity contribution in [2.24, 2.45) is 5.92 Å².